The molecule has 1 aromatic rings. The first kappa shape index (κ1) is 20.4. The van der Waals surface area contributed by atoms with Crippen LogP contribution in [0.5, 0.6) is 0 Å². The first-order chi connectivity index (χ1) is 11.4. The molecule has 1 saturated carbocycles. The standard InChI is InChI=1S/C16H13ClF5IO2/c1-15(2)8(5-11(17)16(20,21)22)12(15)14(24)25-6-7-9(18)3-4-10(23)13(7)19/h3-5,8,12H,6H2,1-2H3/b11-5-/t8?,12-/m0/s1. The lowest BCUT2D eigenvalue weighted by Crippen LogP contribution is -2.12. The van der Waals surface area contributed by atoms with E-state index in [1.807, 2.05) is 0 Å². The van der Waals surface area contributed by atoms with Gasteiger partial charge >= 0.3 is 12.1 Å². The number of allylic oxidation sites excluding steroid dienone is 2. The maximum Gasteiger partial charge on any atom is 0.426 e. The molecule has 0 spiro atoms. The summed E-state index contributed by atoms with van der Waals surface area (Å²) in [6.07, 6.45) is -3.91. The van der Waals surface area contributed by atoms with Crippen molar-refractivity contribution in [3.05, 3.63) is 44.0 Å². The molecule has 0 radical (unpaired) electrons. The summed E-state index contributed by atoms with van der Waals surface area (Å²) >= 11 is 6.87. The highest BCUT2D eigenvalue weighted by Crippen LogP contribution is 2.60. The molecule has 1 aliphatic rings. The number of carbonyl (C=O) groups excluding carboxylic acids is 1. The summed E-state index contributed by atoms with van der Waals surface area (Å²) in [6, 6.07) is 2.28. The Kier molecular flexibility index (Phi) is 5.73. The van der Waals surface area contributed by atoms with Crippen LogP contribution in [0.4, 0.5) is 22.0 Å². The zero-order valence-corrected chi connectivity index (χ0v) is 16.0. The second-order valence-electron chi connectivity index (χ2n) is 6.27. The van der Waals surface area contributed by atoms with Gasteiger partial charge in [0.1, 0.15) is 23.3 Å². The Morgan fingerprint density at radius 3 is 2.52 bits per heavy atom. The number of esters is 1. The lowest BCUT2D eigenvalue weighted by Gasteiger charge is -2.08. The van der Waals surface area contributed by atoms with Gasteiger partial charge in [-0.05, 0) is 46.1 Å². The molecule has 0 bridgehead atoms. The lowest BCUT2D eigenvalue weighted by atomic mass is 10.1. The fourth-order valence-corrected chi connectivity index (χ4v) is 3.27. The van der Waals surface area contributed by atoms with Crippen molar-refractivity contribution in [2.24, 2.45) is 17.3 Å². The molecule has 0 N–H and O–H groups in total. The number of alkyl halides is 3. The second-order valence-corrected chi connectivity index (χ2v) is 7.84. The molecule has 0 heterocycles. The van der Waals surface area contributed by atoms with E-state index in [0.29, 0.717) is 0 Å². The van der Waals surface area contributed by atoms with Gasteiger partial charge in [-0.2, -0.15) is 13.2 Å². The van der Waals surface area contributed by atoms with Crippen LogP contribution < -0.4 is 0 Å². The quantitative estimate of drug-likeness (QED) is 0.237. The van der Waals surface area contributed by atoms with Gasteiger partial charge in [-0.1, -0.05) is 31.5 Å². The molecule has 1 aliphatic carbocycles. The Labute approximate surface area is 159 Å². The fourth-order valence-electron chi connectivity index (χ4n) is 2.63. The third kappa shape index (κ3) is 4.27. The topological polar surface area (TPSA) is 26.3 Å². The Morgan fingerprint density at radius 2 is 1.96 bits per heavy atom. The van der Waals surface area contributed by atoms with E-state index in [1.54, 1.807) is 36.4 Å². The molecular weight excluding hydrogens is 482 g/mol. The Balaban J connectivity index is 2.09. The SMILES string of the molecule is CC1(C)C(/C=C(\Cl)C(F)(F)F)[C@H]1C(=O)OCc1c(F)ccc(I)c1F. The predicted molar refractivity (Wildman–Crippen MR) is 89.6 cm³/mol. The first-order valence-electron chi connectivity index (χ1n) is 7.11. The van der Waals surface area contributed by atoms with Gasteiger partial charge in [0.15, 0.2) is 0 Å². The van der Waals surface area contributed by atoms with Crippen LogP contribution in [0.25, 0.3) is 0 Å². The molecule has 2 atom stereocenters. The molecule has 9 heteroatoms. The molecule has 138 valence electrons. The average Bonchev–Trinajstić information content (AvgIpc) is 3.02. The summed E-state index contributed by atoms with van der Waals surface area (Å²) in [5.74, 6) is -4.15. The van der Waals surface area contributed by atoms with Crippen LogP contribution in [0.15, 0.2) is 23.2 Å². The molecule has 0 saturated heterocycles. The van der Waals surface area contributed by atoms with Crippen molar-refractivity contribution in [3.8, 4) is 0 Å². The second kappa shape index (κ2) is 7.02. The smallest absolute Gasteiger partial charge is 0.426 e. The van der Waals surface area contributed by atoms with Crippen LogP contribution in [0, 0.1) is 32.5 Å². The number of hydrogen-bond donors (Lipinski definition) is 0. The van der Waals surface area contributed by atoms with Crippen molar-refractivity contribution in [1.82, 2.24) is 0 Å². The highest BCUT2D eigenvalue weighted by atomic mass is 127. The Bertz CT molecular complexity index is 730. The first-order valence-corrected chi connectivity index (χ1v) is 8.56. The minimum Gasteiger partial charge on any atom is -0.460 e. The fraction of sp³-hybridized carbons (Fsp3) is 0.438. The van der Waals surface area contributed by atoms with Gasteiger partial charge in [0.25, 0.3) is 0 Å². The highest BCUT2D eigenvalue weighted by Gasteiger charge is 2.62. The monoisotopic (exact) mass is 494 g/mol. The Hall–Kier alpha value is -0.900. The van der Waals surface area contributed by atoms with Crippen LogP contribution in [-0.4, -0.2) is 12.1 Å². The normalized spacial score (nSPS) is 22.7. The molecule has 25 heavy (non-hydrogen) atoms. The minimum absolute atomic E-state index is 0.162. The van der Waals surface area contributed by atoms with Crippen LogP contribution >= 0.6 is 34.2 Å². The summed E-state index contributed by atoms with van der Waals surface area (Å²) in [5, 5.41) is -1.31. The summed E-state index contributed by atoms with van der Waals surface area (Å²) < 4.78 is 70.1. The molecule has 1 aromatic carbocycles. The third-order valence-electron chi connectivity index (χ3n) is 4.26. The molecule has 2 nitrogen and oxygen atoms in total. The zero-order chi connectivity index (χ0) is 19.2. The van der Waals surface area contributed by atoms with Gasteiger partial charge in [0, 0.05) is 3.57 Å². The largest absolute Gasteiger partial charge is 0.460 e. The third-order valence-corrected chi connectivity index (χ3v) is 5.43. The van der Waals surface area contributed by atoms with Crippen LogP contribution in [0.1, 0.15) is 19.4 Å². The van der Waals surface area contributed by atoms with Gasteiger partial charge < -0.3 is 4.74 Å². The van der Waals surface area contributed by atoms with Crippen molar-refractivity contribution in [1.29, 1.82) is 0 Å². The maximum atomic E-state index is 13.9. The van der Waals surface area contributed by atoms with E-state index < -0.39 is 58.2 Å². The van der Waals surface area contributed by atoms with Gasteiger partial charge in [0.05, 0.1) is 11.5 Å². The molecule has 1 unspecified atom stereocenters. The van der Waals surface area contributed by atoms with E-state index in [2.05, 4.69) is 0 Å². The van der Waals surface area contributed by atoms with Gasteiger partial charge in [-0.25, -0.2) is 8.78 Å². The molecule has 0 aromatic heterocycles. The predicted octanol–water partition coefficient (Wildman–Crippen LogP) is 5.57. The number of carbonyl (C=O) groups is 1. The summed E-state index contributed by atoms with van der Waals surface area (Å²) in [4.78, 5) is 12.1. The van der Waals surface area contributed by atoms with Crippen molar-refractivity contribution in [2.45, 2.75) is 26.6 Å². The van der Waals surface area contributed by atoms with E-state index in [4.69, 9.17) is 16.3 Å². The molecule has 1 fully saturated rings. The molecule has 0 amide bonds. The van der Waals surface area contributed by atoms with E-state index in [0.717, 1.165) is 12.1 Å². The van der Waals surface area contributed by atoms with Crippen molar-refractivity contribution < 1.29 is 31.5 Å². The summed E-state index contributed by atoms with van der Waals surface area (Å²) in [6.45, 7) is 2.55. The highest BCUT2D eigenvalue weighted by molar-refractivity contribution is 14.1. The summed E-state index contributed by atoms with van der Waals surface area (Å²) in [7, 11) is 0. The van der Waals surface area contributed by atoms with Gasteiger partial charge in [0.2, 0.25) is 0 Å². The van der Waals surface area contributed by atoms with Crippen LogP contribution in [-0.2, 0) is 16.1 Å². The minimum atomic E-state index is -4.69. The Morgan fingerprint density at radius 1 is 1.36 bits per heavy atom. The average molecular weight is 495 g/mol. The molecular formula is C16H13ClF5IO2. The number of halogens is 7. The maximum absolute atomic E-state index is 13.9. The van der Waals surface area contributed by atoms with Crippen LogP contribution in [0.2, 0.25) is 0 Å². The van der Waals surface area contributed by atoms with Crippen molar-refractivity contribution >= 4 is 40.2 Å². The van der Waals surface area contributed by atoms with Gasteiger partial charge in [-0.15, -0.1) is 0 Å². The summed E-state index contributed by atoms with van der Waals surface area (Å²) in [5.41, 5.74) is -1.19. The van der Waals surface area contributed by atoms with Crippen LogP contribution in [0.3, 0.4) is 0 Å². The number of benzene rings is 1. The molecule has 0 aliphatic heterocycles. The van der Waals surface area contributed by atoms with E-state index >= 15 is 0 Å². The molecule has 2 rings (SSSR count). The van der Waals surface area contributed by atoms with E-state index in [9.17, 15) is 26.7 Å². The lowest BCUT2D eigenvalue weighted by molar-refractivity contribution is -0.147. The zero-order valence-electron chi connectivity index (χ0n) is 13.1. The number of rotatable bonds is 4. The number of hydrogen-bond acceptors (Lipinski definition) is 2. The van der Waals surface area contributed by atoms with E-state index in [-0.39, 0.29) is 3.57 Å². The van der Waals surface area contributed by atoms with E-state index in [1.165, 1.54) is 6.07 Å². The van der Waals surface area contributed by atoms with Crippen molar-refractivity contribution in [3.63, 3.8) is 0 Å². The number of ether oxygens (including phenoxy) is 1. The van der Waals surface area contributed by atoms with Gasteiger partial charge in [-0.3, -0.25) is 4.79 Å². The van der Waals surface area contributed by atoms with Crippen molar-refractivity contribution in [2.75, 3.05) is 0 Å².